The molecule has 4 nitrogen and oxygen atoms in total. The maximum atomic E-state index is 12.5. The topological polar surface area (TPSA) is 54.5 Å². The Labute approximate surface area is 113 Å². The van der Waals surface area contributed by atoms with Crippen molar-refractivity contribution in [2.45, 2.75) is 30.7 Å². The van der Waals surface area contributed by atoms with Gasteiger partial charge in [0.15, 0.2) is 5.78 Å². The van der Waals surface area contributed by atoms with E-state index in [-0.39, 0.29) is 16.7 Å². The van der Waals surface area contributed by atoms with E-state index in [0.29, 0.717) is 12.1 Å². The van der Waals surface area contributed by atoms with Gasteiger partial charge in [-0.3, -0.25) is 4.79 Å². The maximum absolute atomic E-state index is 12.5. The Morgan fingerprint density at radius 1 is 1.37 bits per heavy atom. The van der Waals surface area contributed by atoms with Crippen molar-refractivity contribution in [1.29, 1.82) is 0 Å². The number of carbonyl (C=O) groups is 1. The zero-order valence-corrected chi connectivity index (χ0v) is 11.7. The summed E-state index contributed by atoms with van der Waals surface area (Å²) >= 11 is 0. The van der Waals surface area contributed by atoms with Gasteiger partial charge in [-0.05, 0) is 31.9 Å². The molecule has 0 saturated heterocycles. The van der Waals surface area contributed by atoms with Gasteiger partial charge in [-0.1, -0.05) is 18.2 Å². The van der Waals surface area contributed by atoms with Crippen LogP contribution < -0.4 is 0 Å². The van der Waals surface area contributed by atoms with Crippen LogP contribution in [-0.2, 0) is 10.0 Å². The first kappa shape index (κ1) is 14.0. The van der Waals surface area contributed by atoms with Gasteiger partial charge in [-0.25, -0.2) is 8.42 Å². The predicted octanol–water partition coefficient (Wildman–Crippen LogP) is 2.23. The number of ketones is 1. The SMILES string of the molecule is C=CCN(C1CC1)S(=O)(=O)c1ccc(C(C)=O)cc1. The van der Waals surface area contributed by atoms with Crippen LogP contribution in [0.15, 0.2) is 41.8 Å². The van der Waals surface area contributed by atoms with E-state index < -0.39 is 10.0 Å². The van der Waals surface area contributed by atoms with Crippen LogP contribution in [0.1, 0.15) is 30.1 Å². The largest absolute Gasteiger partial charge is 0.295 e. The molecular formula is C14H17NO3S. The Kier molecular flexibility index (Phi) is 3.87. The molecule has 0 aromatic heterocycles. The molecule has 0 unspecified atom stereocenters. The minimum atomic E-state index is -3.49. The normalized spacial score (nSPS) is 15.5. The summed E-state index contributed by atoms with van der Waals surface area (Å²) in [4.78, 5) is 11.4. The summed E-state index contributed by atoms with van der Waals surface area (Å²) in [5.74, 6) is -0.0749. The van der Waals surface area contributed by atoms with Gasteiger partial charge in [0, 0.05) is 18.2 Å². The van der Waals surface area contributed by atoms with Crippen LogP contribution in [0.25, 0.3) is 0 Å². The molecule has 1 fully saturated rings. The van der Waals surface area contributed by atoms with Crippen molar-refractivity contribution in [3.05, 3.63) is 42.5 Å². The number of hydrogen-bond donors (Lipinski definition) is 0. The Morgan fingerprint density at radius 2 is 1.95 bits per heavy atom. The number of nitrogens with zero attached hydrogens (tertiary/aromatic N) is 1. The molecule has 19 heavy (non-hydrogen) atoms. The summed E-state index contributed by atoms with van der Waals surface area (Å²) in [5, 5.41) is 0. The van der Waals surface area contributed by atoms with Crippen molar-refractivity contribution in [2.24, 2.45) is 0 Å². The van der Waals surface area contributed by atoms with E-state index in [1.807, 2.05) is 0 Å². The quantitative estimate of drug-likeness (QED) is 0.592. The van der Waals surface area contributed by atoms with Gasteiger partial charge < -0.3 is 0 Å². The van der Waals surface area contributed by atoms with Gasteiger partial charge in [-0.2, -0.15) is 4.31 Å². The third kappa shape index (κ3) is 2.93. The standard InChI is InChI=1S/C14H17NO3S/c1-3-10-15(13-6-7-13)19(17,18)14-8-4-12(5-9-14)11(2)16/h3-5,8-9,13H,1,6-7,10H2,2H3. The highest BCUT2D eigenvalue weighted by molar-refractivity contribution is 7.89. The van der Waals surface area contributed by atoms with Crippen molar-refractivity contribution in [3.63, 3.8) is 0 Å². The zero-order chi connectivity index (χ0) is 14.0. The van der Waals surface area contributed by atoms with Crippen LogP contribution in [0.3, 0.4) is 0 Å². The van der Waals surface area contributed by atoms with Crippen molar-refractivity contribution in [1.82, 2.24) is 4.31 Å². The molecule has 0 heterocycles. The number of Topliss-reactive ketones (excluding diaryl/α,β-unsaturated/α-hetero) is 1. The second-order valence-electron chi connectivity index (χ2n) is 4.68. The maximum Gasteiger partial charge on any atom is 0.243 e. The average molecular weight is 279 g/mol. The Bertz CT molecular complexity index is 586. The van der Waals surface area contributed by atoms with Crippen molar-refractivity contribution in [2.75, 3.05) is 6.54 Å². The molecule has 1 aliphatic rings. The fourth-order valence-corrected chi connectivity index (χ4v) is 3.59. The van der Waals surface area contributed by atoms with Crippen LogP contribution in [0.5, 0.6) is 0 Å². The second-order valence-corrected chi connectivity index (χ2v) is 6.57. The molecule has 1 saturated carbocycles. The molecule has 0 bridgehead atoms. The second kappa shape index (κ2) is 5.27. The Balaban J connectivity index is 2.32. The lowest BCUT2D eigenvalue weighted by atomic mass is 10.2. The van der Waals surface area contributed by atoms with Crippen LogP contribution in [0.4, 0.5) is 0 Å². The number of rotatable bonds is 6. The lowest BCUT2D eigenvalue weighted by Gasteiger charge is -2.20. The summed E-state index contributed by atoms with van der Waals surface area (Å²) in [7, 11) is -3.49. The summed E-state index contributed by atoms with van der Waals surface area (Å²) < 4.78 is 26.4. The van der Waals surface area contributed by atoms with Crippen molar-refractivity contribution < 1.29 is 13.2 Å². The lowest BCUT2D eigenvalue weighted by molar-refractivity contribution is 0.101. The molecule has 0 spiro atoms. The molecule has 0 N–H and O–H groups in total. The fraction of sp³-hybridized carbons (Fsp3) is 0.357. The summed E-state index contributed by atoms with van der Waals surface area (Å²) in [6.07, 6.45) is 3.40. The number of benzene rings is 1. The van der Waals surface area contributed by atoms with E-state index in [9.17, 15) is 13.2 Å². The highest BCUT2D eigenvalue weighted by Gasteiger charge is 2.37. The highest BCUT2D eigenvalue weighted by Crippen LogP contribution is 2.31. The molecule has 5 heteroatoms. The summed E-state index contributed by atoms with van der Waals surface area (Å²) in [6.45, 7) is 5.38. The van der Waals surface area contributed by atoms with Gasteiger partial charge in [0.25, 0.3) is 0 Å². The first-order valence-electron chi connectivity index (χ1n) is 6.20. The van der Waals surface area contributed by atoms with E-state index >= 15 is 0 Å². The number of hydrogen-bond acceptors (Lipinski definition) is 3. The third-order valence-corrected chi connectivity index (χ3v) is 5.06. The number of carbonyl (C=O) groups excluding carboxylic acids is 1. The molecule has 0 aliphatic heterocycles. The van der Waals surface area contributed by atoms with E-state index in [4.69, 9.17) is 0 Å². The first-order valence-corrected chi connectivity index (χ1v) is 7.64. The Hall–Kier alpha value is -1.46. The summed E-state index contributed by atoms with van der Waals surface area (Å²) in [6, 6.07) is 6.17. The summed E-state index contributed by atoms with van der Waals surface area (Å²) in [5.41, 5.74) is 0.514. The molecule has 0 amide bonds. The molecular weight excluding hydrogens is 262 g/mol. The van der Waals surface area contributed by atoms with Gasteiger partial charge in [0.1, 0.15) is 0 Å². The minimum Gasteiger partial charge on any atom is -0.295 e. The van der Waals surface area contributed by atoms with Crippen molar-refractivity contribution >= 4 is 15.8 Å². The Morgan fingerprint density at radius 3 is 2.37 bits per heavy atom. The van der Waals surface area contributed by atoms with Crippen molar-refractivity contribution in [3.8, 4) is 0 Å². The number of sulfonamides is 1. The van der Waals surface area contributed by atoms with Gasteiger partial charge >= 0.3 is 0 Å². The lowest BCUT2D eigenvalue weighted by Crippen LogP contribution is -2.33. The molecule has 0 radical (unpaired) electrons. The van der Waals surface area contributed by atoms with Crippen LogP contribution in [0.2, 0.25) is 0 Å². The van der Waals surface area contributed by atoms with Gasteiger partial charge in [-0.15, -0.1) is 6.58 Å². The van der Waals surface area contributed by atoms with Crippen LogP contribution in [-0.4, -0.2) is 31.1 Å². The monoisotopic (exact) mass is 279 g/mol. The van der Waals surface area contributed by atoms with Crippen LogP contribution >= 0.6 is 0 Å². The smallest absolute Gasteiger partial charge is 0.243 e. The van der Waals surface area contributed by atoms with Gasteiger partial charge in [0.05, 0.1) is 4.90 Å². The van der Waals surface area contributed by atoms with E-state index in [2.05, 4.69) is 6.58 Å². The minimum absolute atomic E-state index is 0.0749. The van der Waals surface area contributed by atoms with E-state index in [1.165, 1.54) is 23.4 Å². The molecule has 1 aromatic rings. The zero-order valence-electron chi connectivity index (χ0n) is 10.9. The molecule has 1 aliphatic carbocycles. The first-order chi connectivity index (χ1) is 8.96. The average Bonchev–Trinajstić information content (AvgIpc) is 3.20. The predicted molar refractivity (Wildman–Crippen MR) is 73.6 cm³/mol. The fourth-order valence-electron chi connectivity index (χ4n) is 1.93. The molecule has 1 aromatic carbocycles. The van der Waals surface area contributed by atoms with E-state index in [0.717, 1.165) is 12.8 Å². The molecule has 2 rings (SSSR count). The molecule has 0 atom stereocenters. The third-order valence-electron chi connectivity index (χ3n) is 3.13. The van der Waals surface area contributed by atoms with E-state index in [1.54, 1.807) is 18.2 Å². The highest BCUT2D eigenvalue weighted by atomic mass is 32.2. The molecule has 102 valence electrons. The van der Waals surface area contributed by atoms with Gasteiger partial charge in [0.2, 0.25) is 10.0 Å². The van der Waals surface area contributed by atoms with Crippen LogP contribution in [0, 0.1) is 0 Å².